The summed E-state index contributed by atoms with van der Waals surface area (Å²) in [6.07, 6.45) is 0. The van der Waals surface area contributed by atoms with E-state index in [1.807, 2.05) is 109 Å². The first kappa shape index (κ1) is 18.3. The number of rotatable bonds is 8. The van der Waals surface area contributed by atoms with Crippen LogP contribution in [-0.2, 0) is 0 Å². The Morgan fingerprint density at radius 2 is 0.724 bits per heavy atom. The second kappa shape index (κ2) is 9.19. The molecule has 4 rings (SSSR count). The molecule has 0 aliphatic carbocycles. The Balaban J connectivity index is 1.28. The number of nitrogens with one attached hydrogen (secondary N) is 2. The Hall–Kier alpha value is -4.12. The molecule has 29 heavy (non-hydrogen) atoms. The van der Waals surface area contributed by atoms with E-state index in [1.165, 1.54) is 0 Å². The summed E-state index contributed by atoms with van der Waals surface area (Å²) in [5.41, 5.74) is 7.57. The molecule has 0 bridgehead atoms. The third kappa shape index (κ3) is 5.43. The van der Waals surface area contributed by atoms with E-state index in [-0.39, 0.29) is 0 Å². The first-order valence-electron chi connectivity index (χ1n) is 9.19. The minimum atomic E-state index is 0.692. The van der Waals surface area contributed by atoms with Gasteiger partial charge in [-0.2, -0.15) is 0 Å². The lowest BCUT2D eigenvalue weighted by atomic mass is 10.3. The van der Waals surface area contributed by atoms with Crippen LogP contribution in [0.5, 0.6) is 23.0 Å². The predicted molar refractivity (Wildman–Crippen MR) is 114 cm³/mol. The summed E-state index contributed by atoms with van der Waals surface area (Å²) in [6, 6.07) is 34.2. The highest BCUT2D eigenvalue weighted by atomic mass is 16.6. The fourth-order valence-electron chi connectivity index (χ4n) is 2.54. The van der Waals surface area contributed by atoms with Crippen molar-refractivity contribution in [2.24, 2.45) is 0 Å². The molecule has 0 saturated carbocycles. The number of anilines is 2. The number of ether oxygens (including phenoxy) is 1. The molecule has 0 spiro atoms. The molecular formula is C24H20N2O3. The normalized spacial score (nSPS) is 10.1. The Morgan fingerprint density at radius 1 is 0.379 bits per heavy atom. The predicted octanol–water partition coefficient (Wildman–Crippen LogP) is 6.29. The van der Waals surface area contributed by atoms with E-state index in [1.54, 1.807) is 0 Å². The molecule has 2 N–H and O–H groups in total. The molecule has 4 aromatic rings. The van der Waals surface area contributed by atoms with Crippen molar-refractivity contribution in [1.82, 2.24) is 0 Å². The Labute approximate surface area is 169 Å². The van der Waals surface area contributed by atoms with Crippen molar-refractivity contribution in [1.29, 1.82) is 0 Å². The minimum Gasteiger partial charge on any atom is -0.457 e. The van der Waals surface area contributed by atoms with Crippen molar-refractivity contribution >= 4 is 11.4 Å². The van der Waals surface area contributed by atoms with Crippen LogP contribution in [0, 0.1) is 0 Å². The molecule has 5 nitrogen and oxygen atoms in total. The Morgan fingerprint density at radius 3 is 1.10 bits per heavy atom. The average molecular weight is 384 g/mol. The summed E-state index contributed by atoms with van der Waals surface area (Å²) in [5, 5.41) is 0. The van der Waals surface area contributed by atoms with Gasteiger partial charge in [-0.25, -0.2) is 11.0 Å². The van der Waals surface area contributed by atoms with Gasteiger partial charge in [-0.05, 0) is 72.8 Å². The molecule has 0 aromatic heterocycles. The van der Waals surface area contributed by atoms with Gasteiger partial charge in [0.05, 0.1) is 11.4 Å². The summed E-state index contributed by atoms with van der Waals surface area (Å²) in [4.78, 5) is 11.1. The van der Waals surface area contributed by atoms with Crippen LogP contribution in [0.4, 0.5) is 11.4 Å². The van der Waals surface area contributed by atoms with E-state index in [0.717, 1.165) is 11.4 Å². The van der Waals surface area contributed by atoms with Gasteiger partial charge in [-0.1, -0.05) is 36.4 Å². The molecule has 0 radical (unpaired) electrons. The second-order valence-electron chi connectivity index (χ2n) is 6.19. The first-order valence-corrected chi connectivity index (χ1v) is 9.19. The summed E-state index contributed by atoms with van der Waals surface area (Å²) in [7, 11) is 0. The number of benzene rings is 4. The first-order chi connectivity index (χ1) is 14.3. The van der Waals surface area contributed by atoms with E-state index in [2.05, 4.69) is 11.0 Å². The third-order valence-electron chi connectivity index (χ3n) is 4.00. The molecule has 4 aromatic carbocycles. The molecule has 0 atom stereocenters. The van der Waals surface area contributed by atoms with Gasteiger partial charge in [-0.15, -0.1) is 0 Å². The molecule has 0 fully saturated rings. The maximum absolute atomic E-state index is 5.86. The summed E-state index contributed by atoms with van der Waals surface area (Å²) in [6.45, 7) is 0. The van der Waals surface area contributed by atoms with Gasteiger partial charge in [0, 0.05) is 0 Å². The average Bonchev–Trinajstić information content (AvgIpc) is 2.80. The highest BCUT2D eigenvalue weighted by Crippen LogP contribution is 2.26. The Bertz CT molecular complexity index is 920. The van der Waals surface area contributed by atoms with Gasteiger partial charge < -0.3 is 14.4 Å². The third-order valence-corrected chi connectivity index (χ3v) is 4.00. The van der Waals surface area contributed by atoms with Crippen molar-refractivity contribution < 1.29 is 14.4 Å². The van der Waals surface area contributed by atoms with Crippen LogP contribution in [0.15, 0.2) is 109 Å². The zero-order valence-corrected chi connectivity index (χ0v) is 15.6. The van der Waals surface area contributed by atoms with Gasteiger partial charge in [-0.3, -0.25) is 0 Å². The largest absolute Gasteiger partial charge is 0.457 e. The van der Waals surface area contributed by atoms with E-state index in [4.69, 9.17) is 14.4 Å². The lowest BCUT2D eigenvalue weighted by Crippen LogP contribution is -2.04. The van der Waals surface area contributed by atoms with Crippen LogP contribution in [0.1, 0.15) is 0 Å². The maximum atomic E-state index is 5.86. The summed E-state index contributed by atoms with van der Waals surface area (Å²) < 4.78 is 5.86. The SMILES string of the molecule is c1ccc(NOc2ccc(Oc3ccc(ONc4ccccc4)cc3)cc2)cc1. The van der Waals surface area contributed by atoms with Gasteiger partial charge in [0.2, 0.25) is 0 Å². The zero-order chi connectivity index (χ0) is 19.7. The monoisotopic (exact) mass is 384 g/mol. The van der Waals surface area contributed by atoms with Crippen LogP contribution in [0.3, 0.4) is 0 Å². The highest BCUT2D eigenvalue weighted by molar-refractivity contribution is 5.43. The summed E-state index contributed by atoms with van der Waals surface area (Å²) >= 11 is 0. The molecule has 144 valence electrons. The van der Waals surface area contributed by atoms with Gasteiger partial charge >= 0.3 is 0 Å². The van der Waals surface area contributed by atoms with Gasteiger partial charge in [0.15, 0.2) is 11.5 Å². The maximum Gasteiger partial charge on any atom is 0.155 e. The Kier molecular flexibility index (Phi) is 5.78. The van der Waals surface area contributed by atoms with Crippen LogP contribution >= 0.6 is 0 Å². The zero-order valence-electron chi connectivity index (χ0n) is 15.6. The highest BCUT2D eigenvalue weighted by Gasteiger charge is 2.01. The van der Waals surface area contributed by atoms with E-state index in [0.29, 0.717) is 23.0 Å². The molecule has 0 unspecified atom stereocenters. The van der Waals surface area contributed by atoms with E-state index >= 15 is 0 Å². The fraction of sp³-hybridized carbons (Fsp3) is 0. The van der Waals surface area contributed by atoms with Crippen LogP contribution < -0.4 is 25.4 Å². The topological polar surface area (TPSA) is 51.8 Å². The van der Waals surface area contributed by atoms with Crippen LogP contribution in [0.2, 0.25) is 0 Å². The molecule has 0 heterocycles. The van der Waals surface area contributed by atoms with Crippen LogP contribution in [0.25, 0.3) is 0 Å². The standard InChI is InChI=1S/C24H20N2O3/c1-3-7-19(8-4-1)25-28-23-15-11-21(12-16-23)27-22-13-17-24(18-14-22)29-26-20-9-5-2-6-10-20/h1-18,25-26H. The molecule has 0 aliphatic heterocycles. The second-order valence-corrected chi connectivity index (χ2v) is 6.19. The van der Waals surface area contributed by atoms with Crippen molar-refractivity contribution in [3.05, 3.63) is 109 Å². The number of para-hydroxylation sites is 2. The van der Waals surface area contributed by atoms with Crippen molar-refractivity contribution in [2.75, 3.05) is 11.0 Å². The van der Waals surface area contributed by atoms with E-state index < -0.39 is 0 Å². The van der Waals surface area contributed by atoms with E-state index in [9.17, 15) is 0 Å². The summed E-state index contributed by atoms with van der Waals surface area (Å²) in [5.74, 6) is 2.81. The molecule has 0 aliphatic rings. The quantitative estimate of drug-likeness (QED) is 0.350. The number of hydrogen-bond donors (Lipinski definition) is 2. The molecule has 5 heteroatoms. The van der Waals surface area contributed by atoms with Crippen molar-refractivity contribution in [2.45, 2.75) is 0 Å². The van der Waals surface area contributed by atoms with Crippen molar-refractivity contribution in [3.8, 4) is 23.0 Å². The van der Waals surface area contributed by atoms with Crippen LogP contribution in [-0.4, -0.2) is 0 Å². The fourth-order valence-corrected chi connectivity index (χ4v) is 2.54. The molecule has 0 amide bonds. The van der Waals surface area contributed by atoms with Gasteiger partial charge in [0.25, 0.3) is 0 Å². The smallest absolute Gasteiger partial charge is 0.155 e. The molecular weight excluding hydrogens is 364 g/mol. The number of hydrogen-bond acceptors (Lipinski definition) is 5. The van der Waals surface area contributed by atoms with Crippen molar-refractivity contribution in [3.63, 3.8) is 0 Å². The lowest BCUT2D eigenvalue weighted by Gasteiger charge is -2.10. The van der Waals surface area contributed by atoms with Gasteiger partial charge in [0.1, 0.15) is 11.5 Å². The minimum absolute atomic E-state index is 0.692. The lowest BCUT2D eigenvalue weighted by molar-refractivity contribution is 0.402. The molecule has 0 saturated heterocycles.